The van der Waals surface area contributed by atoms with E-state index < -0.39 is 5.60 Å². The van der Waals surface area contributed by atoms with Crippen LogP contribution in [0, 0.1) is 19.3 Å². The number of hydrogen-bond acceptors (Lipinski definition) is 6. The molecule has 1 fully saturated rings. The summed E-state index contributed by atoms with van der Waals surface area (Å²) >= 11 is 0. The maximum Gasteiger partial charge on any atom is 0.124 e. The third-order valence-corrected chi connectivity index (χ3v) is 6.77. The molecule has 2 heterocycles. The van der Waals surface area contributed by atoms with Crippen LogP contribution >= 0.6 is 0 Å². The summed E-state index contributed by atoms with van der Waals surface area (Å²) in [5.41, 5.74) is 7.43. The van der Waals surface area contributed by atoms with E-state index in [1.165, 1.54) is 5.69 Å². The molecule has 1 aromatic heterocycles. The highest BCUT2D eigenvalue weighted by Gasteiger charge is 2.29. The number of carbonyl (C=O) groups excluding carboxylic acids is 1. The van der Waals surface area contributed by atoms with Gasteiger partial charge in [-0.05, 0) is 76.1 Å². The Kier molecular flexibility index (Phi) is 15.5. The Balaban J connectivity index is 0.000000873. The van der Waals surface area contributed by atoms with Crippen LogP contribution in [0.1, 0.15) is 83.8 Å². The second-order valence-corrected chi connectivity index (χ2v) is 12.0. The molecule has 0 bridgehead atoms. The lowest BCUT2D eigenvalue weighted by atomic mass is 9.82. The number of piperidine rings is 1. The van der Waals surface area contributed by atoms with Crippen LogP contribution in [0.4, 0.5) is 5.69 Å². The van der Waals surface area contributed by atoms with Gasteiger partial charge in [-0.25, -0.2) is 0 Å². The van der Waals surface area contributed by atoms with E-state index in [2.05, 4.69) is 49.9 Å². The number of rotatable bonds is 7. The molecule has 0 saturated carbocycles. The summed E-state index contributed by atoms with van der Waals surface area (Å²) < 4.78 is 5.99. The molecule has 6 nitrogen and oxygen atoms in total. The molecule has 2 aromatic carbocycles. The van der Waals surface area contributed by atoms with Crippen molar-refractivity contribution >= 4 is 12.0 Å². The largest absolute Gasteiger partial charge is 0.489 e. The fourth-order valence-electron chi connectivity index (χ4n) is 4.69. The minimum atomic E-state index is -0.500. The van der Waals surface area contributed by atoms with Gasteiger partial charge >= 0.3 is 0 Å². The molecule has 3 aromatic rings. The molecule has 2 N–H and O–H groups in total. The number of aliphatic hydroxyl groups excluding tert-OH is 1. The second kappa shape index (κ2) is 17.7. The van der Waals surface area contributed by atoms with Crippen molar-refractivity contribution in [2.75, 3.05) is 25.1 Å². The maximum absolute atomic E-state index is 11.6. The molecule has 6 heteroatoms. The maximum atomic E-state index is 11.6. The van der Waals surface area contributed by atoms with Crippen molar-refractivity contribution in [1.29, 1.82) is 0 Å². The minimum Gasteiger partial charge on any atom is -0.489 e. The summed E-state index contributed by atoms with van der Waals surface area (Å²) in [7, 11) is 1.00. The third kappa shape index (κ3) is 11.9. The number of carbonyl (C=O) groups is 1. The van der Waals surface area contributed by atoms with Crippen LogP contribution in [0.5, 0.6) is 5.75 Å². The van der Waals surface area contributed by atoms with Crippen LogP contribution in [0.25, 0.3) is 11.1 Å². The van der Waals surface area contributed by atoms with Crippen molar-refractivity contribution in [2.24, 2.45) is 5.41 Å². The zero-order valence-electron chi connectivity index (χ0n) is 27.6. The second-order valence-electron chi connectivity index (χ2n) is 12.0. The highest BCUT2D eigenvalue weighted by molar-refractivity contribution is 5.85. The highest BCUT2D eigenvalue weighted by Crippen LogP contribution is 2.41. The Morgan fingerprint density at radius 1 is 0.929 bits per heavy atom. The molecule has 0 amide bonds. The predicted octanol–water partition coefficient (Wildman–Crippen LogP) is 7.72. The number of ether oxygens (including phenoxy) is 1. The molecule has 0 aliphatic carbocycles. The molecule has 0 unspecified atom stereocenters. The van der Waals surface area contributed by atoms with E-state index in [-0.39, 0.29) is 0 Å². The average Bonchev–Trinajstić information content (AvgIpc) is 2.96. The smallest absolute Gasteiger partial charge is 0.124 e. The molecule has 4 rings (SSSR count). The lowest BCUT2D eigenvalue weighted by Gasteiger charge is -2.40. The first kappa shape index (κ1) is 36.8. The molecule has 0 spiro atoms. The van der Waals surface area contributed by atoms with E-state index in [9.17, 15) is 4.79 Å². The van der Waals surface area contributed by atoms with Gasteiger partial charge in [0.1, 0.15) is 18.6 Å². The van der Waals surface area contributed by atoms with Crippen LogP contribution in [0.3, 0.4) is 0 Å². The van der Waals surface area contributed by atoms with E-state index in [4.69, 9.17) is 19.9 Å². The van der Waals surface area contributed by atoms with Crippen molar-refractivity contribution < 1.29 is 19.7 Å². The molecule has 1 aliphatic heterocycles. The van der Waals surface area contributed by atoms with Crippen LogP contribution in [-0.2, 0) is 17.8 Å². The van der Waals surface area contributed by atoms with E-state index >= 15 is 0 Å². The van der Waals surface area contributed by atoms with Crippen LogP contribution in [-0.4, -0.2) is 47.3 Å². The summed E-state index contributed by atoms with van der Waals surface area (Å²) in [5.74, 6) is 0.842. The quantitative estimate of drug-likeness (QED) is 0.279. The van der Waals surface area contributed by atoms with Gasteiger partial charge in [0.05, 0.1) is 11.3 Å². The standard InChI is InChI=1S/C29H34N2O2.C4H10O.C2H6.CH4O/c1-21-26(14-19-32)28(31-17-15-29(3,4)16-18-31)27(22(2)30-21)24-10-12-25(13-11-24)33-20-23-8-6-5-7-9-23;1-4(2,3)5;2*1-2/h5-13,19H,14-18,20H2,1-4H3;5H,1-3H3;1-2H3;2H,1H3. The number of aldehydes is 1. The first-order valence-electron chi connectivity index (χ1n) is 15.0. The van der Waals surface area contributed by atoms with Gasteiger partial charge in [-0.2, -0.15) is 0 Å². The Bertz CT molecular complexity index is 1180. The predicted molar refractivity (Wildman–Crippen MR) is 176 cm³/mol. The molecule has 0 atom stereocenters. The highest BCUT2D eigenvalue weighted by atomic mass is 16.5. The van der Waals surface area contributed by atoms with Gasteiger partial charge in [0, 0.05) is 49.1 Å². The average molecular weight is 579 g/mol. The fraction of sp³-hybridized carbons (Fsp3) is 0.500. The number of aromatic nitrogens is 1. The lowest BCUT2D eigenvalue weighted by molar-refractivity contribution is -0.107. The molecule has 232 valence electrons. The summed E-state index contributed by atoms with van der Waals surface area (Å²) in [6, 6.07) is 18.5. The van der Waals surface area contributed by atoms with Gasteiger partial charge < -0.3 is 24.6 Å². The van der Waals surface area contributed by atoms with Crippen molar-refractivity contribution in [3.05, 3.63) is 77.1 Å². The Morgan fingerprint density at radius 3 is 1.95 bits per heavy atom. The molecule has 1 saturated heterocycles. The molecule has 1 aliphatic rings. The van der Waals surface area contributed by atoms with Gasteiger partial charge in [-0.15, -0.1) is 0 Å². The topological polar surface area (TPSA) is 82.9 Å². The molecule has 42 heavy (non-hydrogen) atoms. The number of anilines is 1. The first-order valence-corrected chi connectivity index (χ1v) is 15.0. The van der Waals surface area contributed by atoms with E-state index in [0.29, 0.717) is 18.4 Å². The Hall–Kier alpha value is -3.22. The molecular formula is C36H54N2O4. The Morgan fingerprint density at radius 2 is 1.45 bits per heavy atom. The van der Waals surface area contributed by atoms with Gasteiger partial charge in [0.25, 0.3) is 0 Å². The van der Waals surface area contributed by atoms with Crippen molar-refractivity contribution in [1.82, 2.24) is 4.98 Å². The van der Waals surface area contributed by atoms with E-state index in [1.807, 2.05) is 51.1 Å². The first-order chi connectivity index (χ1) is 19.9. The number of benzene rings is 2. The summed E-state index contributed by atoms with van der Waals surface area (Å²) in [5, 5.41) is 15.5. The van der Waals surface area contributed by atoms with Crippen LogP contribution in [0.2, 0.25) is 0 Å². The van der Waals surface area contributed by atoms with Crippen LogP contribution < -0.4 is 9.64 Å². The zero-order chi connectivity index (χ0) is 31.9. The monoisotopic (exact) mass is 578 g/mol. The van der Waals surface area contributed by atoms with Crippen molar-refractivity contribution in [3.63, 3.8) is 0 Å². The summed E-state index contributed by atoms with van der Waals surface area (Å²) in [6.45, 7) is 20.5. The lowest BCUT2D eigenvalue weighted by Crippen LogP contribution is -2.38. The van der Waals surface area contributed by atoms with Gasteiger partial charge in [0.2, 0.25) is 0 Å². The summed E-state index contributed by atoms with van der Waals surface area (Å²) in [4.78, 5) is 18.9. The van der Waals surface area contributed by atoms with Gasteiger partial charge in [0.15, 0.2) is 0 Å². The normalized spacial score (nSPS) is 13.8. The molecular weight excluding hydrogens is 524 g/mol. The van der Waals surface area contributed by atoms with Gasteiger partial charge in [-0.1, -0.05) is 70.2 Å². The third-order valence-electron chi connectivity index (χ3n) is 6.77. The number of aryl methyl sites for hydroxylation is 2. The van der Waals surface area contributed by atoms with Crippen molar-refractivity contribution in [2.45, 2.75) is 93.8 Å². The number of pyridine rings is 1. The van der Waals surface area contributed by atoms with E-state index in [0.717, 1.165) is 78.7 Å². The van der Waals surface area contributed by atoms with Gasteiger partial charge in [-0.3, -0.25) is 4.98 Å². The van der Waals surface area contributed by atoms with Crippen LogP contribution in [0.15, 0.2) is 54.6 Å². The zero-order valence-corrected chi connectivity index (χ0v) is 27.6. The minimum absolute atomic E-state index is 0.357. The number of nitrogens with zero attached hydrogens (tertiary/aromatic N) is 2. The Labute approximate surface area is 254 Å². The summed E-state index contributed by atoms with van der Waals surface area (Å²) in [6.07, 6.45) is 3.67. The molecule has 0 radical (unpaired) electrons. The number of hydrogen-bond donors (Lipinski definition) is 2. The fourth-order valence-corrected chi connectivity index (χ4v) is 4.69. The van der Waals surface area contributed by atoms with E-state index in [1.54, 1.807) is 20.8 Å². The SMILES string of the molecule is CC.CC(C)(C)O.CO.Cc1nc(C)c(-c2ccc(OCc3ccccc3)cc2)c(N2CCC(C)(C)CC2)c1CC=O. The number of aliphatic hydroxyl groups is 2. The van der Waals surface area contributed by atoms with Crippen molar-refractivity contribution in [3.8, 4) is 16.9 Å².